The van der Waals surface area contributed by atoms with Crippen molar-refractivity contribution < 1.29 is 19.4 Å². The fourth-order valence-electron chi connectivity index (χ4n) is 1.95. The highest BCUT2D eigenvalue weighted by atomic mass is 16.5. The van der Waals surface area contributed by atoms with E-state index in [2.05, 4.69) is 5.32 Å². The van der Waals surface area contributed by atoms with Crippen molar-refractivity contribution in [3.8, 4) is 5.75 Å². The lowest BCUT2D eigenvalue weighted by Gasteiger charge is -2.09. The van der Waals surface area contributed by atoms with Crippen molar-refractivity contribution in [2.45, 2.75) is 6.92 Å². The first-order valence-corrected chi connectivity index (χ1v) is 6.30. The van der Waals surface area contributed by atoms with Crippen LogP contribution in [0.1, 0.15) is 26.3 Å². The number of benzene rings is 2. The van der Waals surface area contributed by atoms with Crippen LogP contribution >= 0.6 is 0 Å². The van der Waals surface area contributed by atoms with Gasteiger partial charge in [-0.15, -0.1) is 0 Å². The standard InChI is InChI=1S/C16H15NO4/c1-10-8-13(21-2)6-7-14(10)15(18)17-12-5-3-4-11(9-12)16(19)20/h3-9H,1-2H3,(H,17,18)(H,19,20). The summed E-state index contributed by atoms with van der Waals surface area (Å²) in [5, 5.41) is 11.6. The molecular formula is C16H15NO4. The predicted molar refractivity (Wildman–Crippen MR) is 79.1 cm³/mol. The minimum absolute atomic E-state index is 0.124. The molecule has 2 N–H and O–H groups in total. The van der Waals surface area contributed by atoms with E-state index >= 15 is 0 Å². The van der Waals surface area contributed by atoms with Gasteiger partial charge in [0, 0.05) is 11.3 Å². The van der Waals surface area contributed by atoms with Gasteiger partial charge in [-0.25, -0.2) is 4.79 Å². The zero-order chi connectivity index (χ0) is 15.4. The number of ether oxygens (including phenoxy) is 1. The van der Waals surface area contributed by atoms with Crippen molar-refractivity contribution in [2.75, 3.05) is 12.4 Å². The molecule has 0 aromatic heterocycles. The molecule has 21 heavy (non-hydrogen) atoms. The lowest BCUT2D eigenvalue weighted by Crippen LogP contribution is -2.13. The monoisotopic (exact) mass is 285 g/mol. The quantitative estimate of drug-likeness (QED) is 0.905. The Balaban J connectivity index is 2.22. The van der Waals surface area contributed by atoms with Crippen molar-refractivity contribution >= 4 is 17.6 Å². The molecule has 0 unspecified atom stereocenters. The Morgan fingerprint density at radius 1 is 1.14 bits per heavy atom. The fourth-order valence-corrected chi connectivity index (χ4v) is 1.95. The Morgan fingerprint density at radius 3 is 2.52 bits per heavy atom. The first kappa shape index (κ1) is 14.6. The van der Waals surface area contributed by atoms with Crippen LogP contribution in [0.3, 0.4) is 0 Å². The summed E-state index contributed by atoms with van der Waals surface area (Å²) in [4.78, 5) is 23.1. The van der Waals surface area contributed by atoms with Gasteiger partial charge >= 0.3 is 5.97 Å². The number of hydrogen-bond donors (Lipinski definition) is 2. The second-order valence-electron chi connectivity index (χ2n) is 4.52. The second-order valence-corrected chi connectivity index (χ2v) is 4.52. The Kier molecular flexibility index (Phi) is 4.23. The van der Waals surface area contributed by atoms with Gasteiger partial charge in [0.1, 0.15) is 5.75 Å². The molecule has 0 aliphatic rings. The number of aromatic carboxylic acids is 1. The van der Waals surface area contributed by atoms with Gasteiger partial charge in [-0.3, -0.25) is 4.79 Å². The first-order chi connectivity index (χ1) is 10.0. The number of carbonyl (C=O) groups excluding carboxylic acids is 1. The Morgan fingerprint density at radius 2 is 1.90 bits per heavy atom. The van der Waals surface area contributed by atoms with E-state index < -0.39 is 5.97 Å². The molecule has 2 rings (SSSR count). The van der Waals surface area contributed by atoms with E-state index in [4.69, 9.17) is 9.84 Å². The molecule has 2 aromatic carbocycles. The third kappa shape index (κ3) is 3.39. The van der Waals surface area contributed by atoms with Crippen molar-refractivity contribution in [1.29, 1.82) is 0 Å². The number of methoxy groups -OCH3 is 1. The van der Waals surface area contributed by atoms with Crippen LogP contribution in [-0.2, 0) is 0 Å². The van der Waals surface area contributed by atoms with Crippen LogP contribution in [0, 0.1) is 6.92 Å². The maximum absolute atomic E-state index is 12.2. The van der Waals surface area contributed by atoms with Crippen molar-refractivity contribution in [1.82, 2.24) is 0 Å². The highest BCUT2D eigenvalue weighted by molar-refractivity contribution is 6.05. The Hall–Kier alpha value is -2.82. The third-order valence-corrected chi connectivity index (χ3v) is 3.05. The number of carboxylic acids is 1. The van der Waals surface area contributed by atoms with Gasteiger partial charge in [0.2, 0.25) is 0 Å². The largest absolute Gasteiger partial charge is 0.497 e. The van der Waals surface area contributed by atoms with Crippen LogP contribution in [0.2, 0.25) is 0 Å². The summed E-state index contributed by atoms with van der Waals surface area (Å²) >= 11 is 0. The molecule has 108 valence electrons. The summed E-state index contributed by atoms with van der Waals surface area (Å²) in [5.74, 6) is -0.652. The molecule has 0 heterocycles. The molecule has 5 nitrogen and oxygen atoms in total. The zero-order valence-electron chi connectivity index (χ0n) is 11.7. The van der Waals surface area contributed by atoms with Crippen LogP contribution in [0.5, 0.6) is 5.75 Å². The van der Waals surface area contributed by atoms with Crippen LogP contribution < -0.4 is 10.1 Å². The fraction of sp³-hybridized carbons (Fsp3) is 0.125. The normalized spacial score (nSPS) is 10.0. The lowest BCUT2D eigenvalue weighted by molar-refractivity contribution is 0.0696. The molecule has 0 bridgehead atoms. The van der Waals surface area contributed by atoms with Gasteiger partial charge in [-0.2, -0.15) is 0 Å². The number of hydrogen-bond acceptors (Lipinski definition) is 3. The van der Waals surface area contributed by atoms with Gasteiger partial charge in [-0.05, 0) is 48.9 Å². The molecule has 0 aliphatic heterocycles. The molecule has 5 heteroatoms. The molecule has 0 radical (unpaired) electrons. The van der Waals surface area contributed by atoms with Crippen LogP contribution in [-0.4, -0.2) is 24.1 Å². The number of nitrogens with one attached hydrogen (secondary N) is 1. The maximum Gasteiger partial charge on any atom is 0.335 e. The number of aryl methyl sites for hydroxylation is 1. The topological polar surface area (TPSA) is 75.6 Å². The van der Waals surface area contributed by atoms with Gasteiger partial charge in [-0.1, -0.05) is 6.07 Å². The van der Waals surface area contributed by atoms with E-state index in [1.807, 2.05) is 6.92 Å². The average molecular weight is 285 g/mol. The van der Waals surface area contributed by atoms with E-state index in [0.29, 0.717) is 17.0 Å². The number of anilines is 1. The summed E-state index contributed by atoms with van der Waals surface area (Å²) in [7, 11) is 1.56. The summed E-state index contributed by atoms with van der Waals surface area (Å²) in [6, 6.07) is 11.3. The molecule has 2 aromatic rings. The smallest absolute Gasteiger partial charge is 0.335 e. The Bertz CT molecular complexity index is 694. The number of rotatable bonds is 4. The number of amides is 1. The molecule has 0 aliphatic carbocycles. The Labute approximate surface area is 122 Å². The number of carbonyl (C=O) groups is 2. The minimum atomic E-state index is -1.04. The molecule has 1 amide bonds. The molecule has 0 saturated carbocycles. The molecule has 0 fully saturated rings. The first-order valence-electron chi connectivity index (χ1n) is 6.30. The average Bonchev–Trinajstić information content (AvgIpc) is 2.47. The summed E-state index contributed by atoms with van der Waals surface area (Å²) < 4.78 is 5.09. The highest BCUT2D eigenvalue weighted by Gasteiger charge is 2.11. The zero-order valence-corrected chi connectivity index (χ0v) is 11.7. The van der Waals surface area contributed by atoms with Crippen LogP contribution in [0.15, 0.2) is 42.5 Å². The molecule has 0 saturated heterocycles. The summed E-state index contributed by atoms with van der Waals surface area (Å²) in [6.45, 7) is 1.81. The third-order valence-electron chi connectivity index (χ3n) is 3.05. The van der Waals surface area contributed by atoms with Crippen LogP contribution in [0.25, 0.3) is 0 Å². The number of carboxylic acid groups (broad SMARTS) is 1. The van der Waals surface area contributed by atoms with E-state index in [1.54, 1.807) is 37.4 Å². The maximum atomic E-state index is 12.2. The van der Waals surface area contributed by atoms with E-state index in [0.717, 1.165) is 5.56 Å². The van der Waals surface area contributed by atoms with Gasteiger partial charge < -0.3 is 15.2 Å². The van der Waals surface area contributed by atoms with Gasteiger partial charge in [0.05, 0.1) is 12.7 Å². The van der Waals surface area contributed by atoms with E-state index in [1.165, 1.54) is 12.1 Å². The predicted octanol–water partition coefficient (Wildman–Crippen LogP) is 2.95. The molecular weight excluding hydrogens is 270 g/mol. The summed E-state index contributed by atoms with van der Waals surface area (Å²) in [5.41, 5.74) is 1.85. The van der Waals surface area contributed by atoms with Gasteiger partial charge in [0.25, 0.3) is 5.91 Å². The lowest BCUT2D eigenvalue weighted by atomic mass is 10.1. The van der Waals surface area contributed by atoms with Gasteiger partial charge in [0.15, 0.2) is 0 Å². The summed E-state index contributed by atoms with van der Waals surface area (Å²) in [6.07, 6.45) is 0. The highest BCUT2D eigenvalue weighted by Crippen LogP contribution is 2.19. The van der Waals surface area contributed by atoms with Crippen molar-refractivity contribution in [2.24, 2.45) is 0 Å². The van der Waals surface area contributed by atoms with Crippen molar-refractivity contribution in [3.05, 3.63) is 59.2 Å². The minimum Gasteiger partial charge on any atom is -0.497 e. The van der Waals surface area contributed by atoms with Crippen LogP contribution in [0.4, 0.5) is 5.69 Å². The second kappa shape index (κ2) is 6.09. The molecule has 0 spiro atoms. The SMILES string of the molecule is COc1ccc(C(=O)Nc2cccc(C(=O)O)c2)c(C)c1. The van der Waals surface area contributed by atoms with E-state index in [9.17, 15) is 9.59 Å². The van der Waals surface area contributed by atoms with Crippen molar-refractivity contribution in [3.63, 3.8) is 0 Å². The molecule has 0 atom stereocenters. The van der Waals surface area contributed by atoms with E-state index in [-0.39, 0.29) is 11.5 Å².